The normalized spacial score (nSPS) is 17.7. The zero-order valence-corrected chi connectivity index (χ0v) is 15.5. The van der Waals surface area contributed by atoms with Gasteiger partial charge in [0.05, 0.1) is 18.7 Å². The van der Waals surface area contributed by atoms with Crippen molar-refractivity contribution in [2.24, 2.45) is 5.92 Å². The second-order valence-electron chi connectivity index (χ2n) is 7.09. The number of carbonyl (C=O) groups excluding carboxylic acids is 1. The fourth-order valence-corrected chi connectivity index (χ4v) is 3.60. The van der Waals surface area contributed by atoms with E-state index in [0.717, 1.165) is 23.0 Å². The Bertz CT molecular complexity index is 957. The minimum atomic E-state index is -0.0167. The molecule has 1 fully saturated rings. The van der Waals surface area contributed by atoms with E-state index in [1.54, 1.807) is 6.07 Å². The van der Waals surface area contributed by atoms with Crippen LogP contribution in [0, 0.1) is 12.8 Å². The monoisotopic (exact) mass is 361 g/mol. The smallest absolute Gasteiger partial charge is 0.272 e. The van der Waals surface area contributed by atoms with Gasteiger partial charge in [-0.1, -0.05) is 18.2 Å². The Balaban J connectivity index is 1.50. The Morgan fingerprint density at radius 1 is 1.22 bits per heavy atom. The Morgan fingerprint density at radius 2 is 2.15 bits per heavy atom. The van der Waals surface area contributed by atoms with Crippen molar-refractivity contribution in [3.8, 4) is 0 Å². The molecule has 3 heterocycles. The third-order valence-corrected chi connectivity index (χ3v) is 4.92. The molecule has 138 valence electrons. The van der Waals surface area contributed by atoms with Crippen LogP contribution in [0.2, 0.25) is 0 Å². The van der Waals surface area contributed by atoms with Crippen LogP contribution in [-0.4, -0.2) is 47.1 Å². The number of hydrogen-bond acceptors (Lipinski definition) is 4. The number of pyridine rings is 2. The number of amides is 1. The molecule has 5 heteroatoms. The molecular formula is C22H23N3O2. The van der Waals surface area contributed by atoms with Gasteiger partial charge < -0.3 is 9.64 Å². The van der Waals surface area contributed by atoms with E-state index in [1.807, 2.05) is 36.2 Å². The van der Waals surface area contributed by atoms with Gasteiger partial charge in [-0.05, 0) is 49.2 Å². The first-order valence-electron chi connectivity index (χ1n) is 9.33. The van der Waals surface area contributed by atoms with Crippen LogP contribution in [0.3, 0.4) is 0 Å². The van der Waals surface area contributed by atoms with Crippen molar-refractivity contribution in [2.45, 2.75) is 13.3 Å². The van der Waals surface area contributed by atoms with Gasteiger partial charge in [-0.3, -0.25) is 9.78 Å². The maximum Gasteiger partial charge on any atom is 0.272 e. The second kappa shape index (κ2) is 7.84. The minimum Gasteiger partial charge on any atom is -0.379 e. The predicted octanol–water partition coefficient (Wildman–Crippen LogP) is 3.27. The number of benzene rings is 1. The first-order valence-corrected chi connectivity index (χ1v) is 9.33. The molecule has 0 radical (unpaired) electrons. The Kier molecular flexibility index (Phi) is 5.12. The molecule has 1 aromatic carbocycles. The zero-order valence-electron chi connectivity index (χ0n) is 15.5. The lowest BCUT2D eigenvalue weighted by molar-refractivity contribution is 0.0731. The van der Waals surface area contributed by atoms with Crippen LogP contribution < -0.4 is 0 Å². The van der Waals surface area contributed by atoms with E-state index in [4.69, 9.17) is 4.74 Å². The summed E-state index contributed by atoms with van der Waals surface area (Å²) in [7, 11) is 0. The third kappa shape index (κ3) is 4.14. The summed E-state index contributed by atoms with van der Waals surface area (Å²) in [6, 6.07) is 16.0. The number of carbonyl (C=O) groups is 1. The second-order valence-corrected chi connectivity index (χ2v) is 7.09. The van der Waals surface area contributed by atoms with Gasteiger partial charge in [-0.25, -0.2) is 4.98 Å². The van der Waals surface area contributed by atoms with Gasteiger partial charge in [0, 0.05) is 36.3 Å². The topological polar surface area (TPSA) is 55.3 Å². The van der Waals surface area contributed by atoms with Crippen LogP contribution >= 0.6 is 0 Å². The van der Waals surface area contributed by atoms with Crippen molar-refractivity contribution < 1.29 is 9.53 Å². The number of hydrogen-bond donors (Lipinski definition) is 0. The summed E-state index contributed by atoms with van der Waals surface area (Å²) in [5.74, 6) is 0.243. The Labute approximate surface area is 159 Å². The highest BCUT2D eigenvalue weighted by molar-refractivity contribution is 5.92. The molecule has 1 aliphatic heterocycles. The molecule has 1 atom stereocenters. The fraction of sp³-hybridized carbons (Fsp3) is 0.318. The molecule has 0 spiro atoms. The number of aryl methyl sites for hydroxylation is 1. The van der Waals surface area contributed by atoms with Gasteiger partial charge >= 0.3 is 0 Å². The van der Waals surface area contributed by atoms with E-state index in [1.165, 1.54) is 5.56 Å². The van der Waals surface area contributed by atoms with Gasteiger partial charge in [-0.2, -0.15) is 0 Å². The van der Waals surface area contributed by atoms with E-state index in [0.29, 0.717) is 32.0 Å². The molecule has 0 bridgehead atoms. The maximum atomic E-state index is 12.9. The molecule has 4 rings (SSSR count). The first-order chi connectivity index (χ1) is 13.2. The largest absolute Gasteiger partial charge is 0.379 e. The highest BCUT2D eigenvalue weighted by Gasteiger charge is 2.24. The average molecular weight is 361 g/mol. The summed E-state index contributed by atoms with van der Waals surface area (Å²) >= 11 is 0. The van der Waals surface area contributed by atoms with Crippen LogP contribution in [0.4, 0.5) is 0 Å². The van der Waals surface area contributed by atoms with E-state index >= 15 is 0 Å². The van der Waals surface area contributed by atoms with Gasteiger partial charge in [0.15, 0.2) is 0 Å². The molecular weight excluding hydrogens is 338 g/mol. The van der Waals surface area contributed by atoms with Gasteiger partial charge in [0.1, 0.15) is 5.69 Å². The lowest BCUT2D eigenvalue weighted by atomic mass is 9.98. The fourth-order valence-electron chi connectivity index (χ4n) is 3.60. The van der Waals surface area contributed by atoms with Crippen LogP contribution in [0.5, 0.6) is 0 Å². The molecule has 5 nitrogen and oxygen atoms in total. The molecule has 1 aliphatic rings. The summed E-state index contributed by atoms with van der Waals surface area (Å²) in [5, 5.41) is 1.14. The first kappa shape index (κ1) is 17.6. The maximum absolute atomic E-state index is 12.9. The quantitative estimate of drug-likeness (QED) is 0.718. The Hall–Kier alpha value is -2.79. The number of aromatic nitrogens is 2. The van der Waals surface area contributed by atoms with Crippen molar-refractivity contribution in [1.29, 1.82) is 0 Å². The third-order valence-electron chi connectivity index (χ3n) is 4.92. The summed E-state index contributed by atoms with van der Waals surface area (Å²) in [6.45, 7) is 4.41. The van der Waals surface area contributed by atoms with Crippen molar-refractivity contribution in [1.82, 2.24) is 14.9 Å². The van der Waals surface area contributed by atoms with Crippen molar-refractivity contribution in [2.75, 3.05) is 26.3 Å². The van der Waals surface area contributed by atoms with Crippen LogP contribution in [0.15, 0.2) is 54.7 Å². The number of fused-ring (bicyclic) bond motifs is 1. The van der Waals surface area contributed by atoms with E-state index < -0.39 is 0 Å². The van der Waals surface area contributed by atoms with Gasteiger partial charge in [0.25, 0.3) is 5.91 Å². The van der Waals surface area contributed by atoms with Crippen LogP contribution in [0.1, 0.15) is 21.7 Å². The Morgan fingerprint density at radius 3 is 3.04 bits per heavy atom. The number of rotatable bonds is 3. The lowest BCUT2D eigenvalue weighted by Crippen LogP contribution is -2.37. The summed E-state index contributed by atoms with van der Waals surface area (Å²) in [4.78, 5) is 23.5. The van der Waals surface area contributed by atoms with Crippen LogP contribution in [0.25, 0.3) is 10.9 Å². The summed E-state index contributed by atoms with van der Waals surface area (Å²) < 4.78 is 5.78. The van der Waals surface area contributed by atoms with E-state index in [9.17, 15) is 4.79 Å². The SMILES string of the molecule is Cc1cccc(C(=O)N2CCOCC(Cc3ccc4ncccc4c3)C2)n1. The van der Waals surface area contributed by atoms with Gasteiger partial charge in [-0.15, -0.1) is 0 Å². The molecule has 0 saturated carbocycles. The molecule has 0 aliphatic carbocycles. The van der Waals surface area contributed by atoms with E-state index in [-0.39, 0.29) is 11.8 Å². The highest BCUT2D eigenvalue weighted by Crippen LogP contribution is 2.19. The van der Waals surface area contributed by atoms with Crippen molar-refractivity contribution in [3.63, 3.8) is 0 Å². The number of nitrogens with zero attached hydrogens (tertiary/aromatic N) is 3. The van der Waals surface area contributed by atoms with Gasteiger partial charge in [0.2, 0.25) is 0 Å². The lowest BCUT2D eigenvalue weighted by Gasteiger charge is -2.23. The highest BCUT2D eigenvalue weighted by atomic mass is 16.5. The standard InChI is InChI=1S/C22H23N3O2/c1-16-4-2-6-21(24-16)22(26)25-10-11-27-15-18(14-25)12-17-7-8-20-19(13-17)5-3-9-23-20/h2-9,13,18H,10-12,14-15H2,1H3. The molecule has 0 N–H and O–H groups in total. The number of ether oxygens (including phenoxy) is 1. The molecule has 2 aromatic heterocycles. The molecule has 1 unspecified atom stereocenters. The van der Waals surface area contributed by atoms with Crippen molar-refractivity contribution in [3.05, 3.63) is 71.7 Å². The van der Waals surface area contributed by atoms with Crippen molar-refractivity contribution >= 4 is 16.8 Å². The summed E-state index contributed by atoms with van der Waals surface area (Å²) in [6.07, 6.45) is 2.68. The molecule has 27 heavy (non-hydrogen) atoms. The molecule has 1 amide bonds. The predicted molar refractivity (Wildman–Crippen MR) is 105 cm³/mol. The zero-order chi connectivity index (χ0) is 18.6. The van der Waals surface area contributed by atoms with Crippen LogP contribution in [-0.2, 0) is 11.2 Å². The molecule has 3 aromatic rings. The average Bonchev–Trinajstić information content (AvgIpc) is 2.93. The van der Waals surface area contributed by atoms with E-state index in [2.05, 4.69) is 34.2 Å². The summed E-state index contributed by atoms with van der Waals surface area (Å²) in [5.41, 5.74) is 3.61. The molecule has 1 saturated heterocycles. The minimum absolute atomic E-state index is 0.0167.